The first kappa shape index (κ1) is 17.8. The molecule has 3 aromatic rings. The molecule has 0 fully saturated rings. The highest BCUT2D eigenvalue weighted by Crippen LogP contribution is 2.35. The maximum absolute atomic E-state index is 12.2. The zero-order valence-corrected chi connectivity index (χ0v) is 14.9. The molecule has 6 heteroatoms. The van der Waals surface area contributed by atoms with Crippen LogP contribution in [0, 0.1) is 11.3 Å². The van der Waals surface area contributed by atoms with E-state index in [0.29, 0.717) is 32.8 Å². The summed E-state index contributed by atoms with van der Waals surface area (Å²) in [6.45, 7) is 0. The van der Waals surface area contributed by atoms with Crippen LogP contribution in [0.2, 0.25) is 10.0 Å². The van der Waals surface area contributed by atoms with E-state index in [1.807, 2.05) is 12.1 Å². The number of hydrogen-bond donors (Lipinski definition) is 1. The van der Waals surface area contributed by atoms with E-state index >= 15 is 0 Å². The summed E-state index contributed by atoms with van der Waals surface area (Å²) in [5.74, 6) is 0.274. The number of halogens is 2. The van der Waals surface area contributed by atoms with Gasteiger partial charge in [0.1, 0.15) is 23.2 Å². The van der Waals surface area contributed by atoms with Gasteiger partial charge in [-0.25, -0.2) is 0 Å². The van der Waals surface area contributed by atoms with Crippen LogP contribution in [0.3, 0.4) is 0 Å². The van der Waals surface area contributed by atoms with Crippen molar-refractivity contribution in [3.8, 4) is 17.4 Å². The van der Waals surface area contributed by atoms with E-state index in [1.165, 1.54) is 6.08 Å². The van der Waals surface area contributed by atoms with E-state index in [1.54, 1.807) is 54.6 Å². The molecule has 4 nitrogen and oxygen atoms in total. The van der Waals surface area contributed by atoms with E-state index in [9.17, 15) is 10.1 Å². The lowest BCUT2D eigenvalue weighted by Crippen LogP contribution is -2.13. The van der Waals surface area contributed by atoms with Crippen LogP contribution in [0.5, 0.6) is 0 Å². The van der Waals surface area contributed by atoms with E-state index in [2.05, 4.69) is 5.32 Å². The smallest absolute Gasteiger partial charge is 0.266 e. The zero-order valence-electron chi connectivity index (χ0n) is 13.4. The Hall–Kier alpha value is -3.00. The summed E-state index contributed by atoms with van der Waals surface area (Å²) >= 11 is 12.3. The van der Waals surface area contributed by atoms with Gasteiger partial charge in [0.05, 0.1) is 15.6 Å². The minimum atomic E-state index is -0.521. The lowest BCUT2D eigenvalue weighted by atomic mass is 10.2. The fourth-order valence-electron chi connectivity index (χ4n) is 2.31. The van der Waals surface area contributed by atoms with Gasteiger partial charge < -0.3 is 9.73 Å². The Morgan fingerprint density at radius 3 is 2.35 bits per heavy atom. The van der Waals surface area contributed by atoms with Crippen molar-refractivity contribution < 1.29 is 9.21 Å². The van der Waals surface area contributed by atoms with E-state index in [-0.39, 0.29) is 5.57 Å². The second-order valence-electron chi connectivity index (χ2n) is 5.29. The number of nitrogens with one attached hydrogen (secondary N) is 1. The molecule has 1 amide bonds. The molecule has 0 spiro atoms. The number of carbonyl (C=O) groups excluding carboxylic acids is 1. The maximum atomic E-state index is 12.2. The third-order valence-corrected chi connectivity index (χ3v) is 4.15. The lowest BCUT2D eigenvalue weighted by Gasteiger charge is -2.04. The lowest BCUT2D eigenvalue weighted by molar-refractivity contribution is -0.112. The monoisotopic (exact) mass is 382 g/mol. The minimum absolute atomic E-state index is 0.0833. The van der Waals surface area contributed by atoms with Gasteiger partial charge in [-0.15, -0.1) is 0 Å². The summed E-state index contributed by atoms with van der Waals surface area (Å²) in [7, 11) is 0. The Bertz CT molecular complexity index is 998. The van der Waals surface area contributed by atoms with Gasteiger partial charge in [0.25, 0.3) is 5.91 Å². The standard InChI is InChI=1S/C20H12Cl2N2O2/c21-16-7-4-8-17(22)19(16)18-10-9-15(26-18)11-13(12-23)20(25)24-14-5-2-1-3-6-14/h1-11H,(H,24,25). The summed E-state index contributed by atoms with van der Waals surface area (Å²) in [5, 5.41) is 12.8. The Morgan fingerprint density at radius 2 is 1.69 bits per heavy atom. The Morgan fingerprint density at radius 1 is 1.00 bits per heavy atom. The normalized spacial score (nSPS) is 11.0. The second kappa shape index (κ2) is 7.92. The molecule has 0 saturated heterocycles. The van der Waals surface area contributed by atoms with Crippen molar-refractivity contribution >= 4 is 40.9 Å². The maximum Gasteiger partial charge on any atom is 0.266 e. The molecule has 1 heterocycles. The Labute approximate surface area is 160 Å². The van der Waals surface area contributed by atoms with Crippen molar-refractivity contribution in [1.82, 2.24) is 0 Å². The number of nitrogens with zero attached hydrogens (tertiary/aromatic N) is 1. The molecular weight excluding hydrogens is 371 g/mol. The molecule has 0 aliphatic carbocycles. The van der Waals surface area contributed by atoms with Crippen LogP contribution in [-0.2, 0) is 4.79 Å². The molecule has 1 aromatic heterocycles. The number of carbonyl (C=O) groups is 1. The van der Waals surface area contributed by atoms with Crippen molar-refractivity contribution in [2.45, 2.75) is 0 Å². The number of anilines is 1. The highest BCUT2D eigenvalue weighted by molar-refractivity contribution is 6.39. The Balaban J connectivity index is 1.86. The molecule has 3 rings (SSSR count). The van der Waals surface area contributed by atoms with Crippen LogP contribution in [-0.4, -0.2) is 5.91 Å². The first-order valence-electron chi connectivity index (χ1n) is 7.61. The van der Waals surface area contributed by atoms with Gasteiger partial charge >= 0.3 is 0 Å². The molecule has 0 aliphatic heterocycles. The summed E-state index contributed by atoms with van der Waals surface area (Å²) in [4.78, 5) is 12.2. The first-order valence-corrected chi connectivity index (χ1v) is 8.36. The summed E-state index contributed by atoms with van der Waals surface area (Å²) in [6, 6.07) is 19.2. The van der Waals surface area contributed by atoms with Gasteiger partial charge in [0.2, 0.25) is 0 Å². The summed E-state index contributed by atoms with van der Waals surface area (Å²) < 4.78 is 5.69. The average molecular weight is 383 g/mol. The Kier molecular flexibility index (Phi) is 5.43. The van der Waals surface area contributed by atoms with Crippen molar-refractivity contribution in [3.05, 3.63) is 82.0 Å². The van der Waals surface area contributed by atoms with Gasteiger partial charge in [0.15, 0.2) is 0 Å². The topological polar surface area (TPSA) is 66.0 Å². The molecular formula is C20H12Cl2N2O2. The number of rotatable bonds is 4. The molecule has 0 atom stereocenters. The van der Waals surface area contributed by atoms with Gasteiger partial charge in [-0.2, -0.15) is 5.26 Å². The molecule has 26 heavy (non-hydrogen) atoms. The van der Waals surface area contributed by atoms with E-state index in [0.717, 1.165) is 0 Å². The fourth-order valence-corrected chi connectivity index (χ4v) is 2.89. The number of hydrogen-bond acceptors (Lipinski definition) is 3. The van der Waals surface area contributed by atoms with Gasteiger partial charge in [-0.3, -0.25) is 4.79 Å². The molecule has 0 radical (unpaired) electrons. The number of para-hydroxylation sites is 1. The summed E-state index contributed by atoms with van der Waals surface area (Å²) in [6.07, 6.45) is 1.37. The largest absolute Gasteiger partial charge is 0.457 e. The first-order chi connectivity index (χ1) is 12.6. The highest BCUT2D eigenvalue weighted by atomic mass is 35.5. The minimum Gasteiger partial charge on any atom is -0.457 e. The number of furan rings is 1. The van der Waals surface area contributed by atoms with E-state index < -0.39 is 5.91 Å². The quantitative estimate of drug-likeness (QED) is 0.457. The molecule has 0 bridgehead atoms. The summed E-state index contributed by atoms with van der Waals surface area (Å²) in [5.41, 5.74) is 1.07. The van der Waals surface area contributed by atoms with Crippen LogP contribution in [0.4, 0.5) is 5.69 Å². The number of amides is 1. The van der Waals surface area contributed by atoms with Crippen LogP contribution >= 0.6 is 23.2 Å². The SMILES string of the molecule is N#CC(=Cc1ccc(-c2c(Cl)cccc2Cl)o1)C(=O)Nc1ccccc1. The third-order valence-electron chi connectivity index (χ3n) is 3.52. The zero-order chi connectivity index (χ0) is 18.5. The predicted molar refractivity (Wildman–Crippen MR) is 103 cm³/mol. The fraction of sp³-hybridized carbons (Fsp3) is 0. The number of nitriles is 1. The van der Waals surface area contributed by atoms with Crippen LogP contribution in [0.15, 0.2) is 70.7 Å². The van der Waals surface area contributed by atoms with Crippen molar-refractivity contribution in [3.63, 3.8) is 0 Å². The molecule has 128 valence electrons. The molecule has 0 unspecified atom stereocenters. The van der Waals surface area contributed by atoms with Crippen molar-refractivity contribution in [2.24, 2.45) is 0 Å². The highest BCUT2D eigenvalue weighted by Gasteiger charge is 2.14. The third kappa shape index (κ3) is 3.97. The van der Waals surface area contributed by atoms with Crippen LogP contribution in [0.25, 0.3) is 17.4 Å². The van der Waals surface area contributed by atoms with Gasteiger partial charge in [-0.1, -0.05) is 47.5 Å². The van der Waals surface area contributed by atoms with E-state index in [4.69, 9.17) is 27.6 Å². The van der Waals surface area contributed by atoms with Crippen LogP contribution in [0.1, 0.15) is 5.76 Å². The number of benzene rings is 2. The van der Waals surface area contributed by atoms with Crippen molar-refractivity contribution in [1.29, 1.82) is 5.26 Å². The average Bonchev–Trinajstić information content (AvgIpc) is 3.08. The molecule has 0 saturated carbocycles. The molecule has 1 N–H and O–H groups in total. The molecule has 2 aromatic carbocycles. The molecule has 0 aliphatic rings. The van der Waals surface area contributed by atoms with Crippen LogP contribution < -0.4 is 5.32 Å². The second-order valence-corrected chi connectivity index (χ2v) is 6.10. The van der Waals surface area contributed by atoms with Gasteiger partial charge in [0, 0.05) is 11.8 Å². The van der Waals surface area contributed by atoms with Gasteiger partial charge in [-0.05, 0) is 36.4 Å². The predicted octanol–water partition coefficient (Wildman–Crippen LogP) is 5.80. The van der Waals surface area contributed by atoms with Crippen molar-refractivity contribution in [2.75, 3.05) is 5.32 Å².